The Hall–Kier alpha value is -0.860. The zero-order valence-corrected chi connectivity index (χ0v) is 8.80. The molecule has 0 aromatic carbocycles. The normalized spacial score (nSPS) is 15.3. The largest absolute Gasteiger partial charge is 0.346 e. The number of Topliss-reactive ketones (excluding diaryl/α,β-unsaturated/α-hetero) is 1. The highest BCUT2D eigenvalue weighted by Gasteiger charge is 2.14. The Morgan fingerprint density at radius 1 is 1.54 bits per heavy atom. The predicted molar refractivity (Wildman–Crippen MR) is 52.5 cm³/mol. The smallest absolute Gasteiger partial charge is 0.222 e. The molecule has 0 radical (unpaired) electrons. The summed E-state index contributed by atoms with van der Waals surface area (Å²) in [5.41, 5.74) is 0. The van der Waals surface area contributed by atoms with Crippen LogP contribution in [0.25, 0.3) is 0 Å². The lowest BCUT2D eigenvalue weighted by molar-refractivity contribution is -0.126. The van der Waals surface area contributed by atoms with E-state index in [1.807, 2.05) is 14.0 Å². The molecule has 0 aliphatic carbocycles. The summed E-state index contributed by atoms with van der Waals surface area (Å²) in [6.45, 7) is 4.57. The lowest BCUT2D eigenvalue weighted by atomic mass is 10.3. The van der Waals surface area contributed by atoms with Gasteiger partial charge in [-0.1, -0.05) is 6.92 Å². The van der Waals surface area contributed by atoms with E-state index in [0.717, 1.165) is 32.2 Å². The van der Waals surface area contributed by atoms with E-state index < -0.39 is 0 Å². The second kappa shape index (κ2) is 6.63. The van der Waals surface area contributed by atoms with Crippen molar-refractivity contribution in [2.75, 3.05) is 13.6 Å². The van der Waals surface area contributed by atoms with Crippen LogP contribution in [-0.4, -0.2) is 30.2 Å². The molecule has 0 N–H and O–H groups in total. The molecule has 76 valence electrons. The number of ketones is 1. The molecular formula is C10H19NO2. The number of amides is 1. The first-order valence-corrected chi connectivity index (χ1v) is 4.81. The maximum atomic E-state index is 10.5. The molecule has 1 aliphatic rings. The zero-order chi connectivity index (χ0) is 10.3. The molecule has 0 aromatic rings. The van der Waals surface area contributed by atoms with Crippen molar-refractivity contribution < 1.29 is 9.59 Å². The number of nitrogens with zero attached hydrogens (tertiary/aromatic N) is 1. The van der Waals surface area contributed by atoms with Gasteiger partial charge in [-0.05, 0) is 19.8 Å². The Labute approximate surface area is 80.1 Å². The molecule has 0 aromatic heterocycles. The standard InChI is InChI=1S/C5H9NO.C5H10O/c1-6-4-2-3-5(6)7;1-3-4-5(2)6/h2-4H2,1H3;3-4H2,1-2H3. The molecule has 1 amide bonds. The van der Waals surface area contributed by atoms with E-state index in [9.17, 15) is 9.59 Å². The lowest BCUT2D eigenvalue weighted by Crippen LogP contribution is -2.17. The fraction of sp³-hybridized carbons (Fsp3) is 0.800. The van der Waals surface area contributed by atoms with Crippen molar-refractivity contribution in [3.8, 4) is 0 Å². The Morgan fingerprint density at radius 2 is 2.15 bits per heavy atom. The number of hydrogen-bond acceptors (Lipinski definition) is 2. The number of carbonyl (C=O) groups excluding carboxylic acids is 2. The van der Waals surface area contributed by atoms with Gasteiger partial charge in [-0.25, -0.2) is 0 Å². The number of likely N-dealkylation sites (tertiary alicyclic amines) is 1. The highest BCUT2D eigenvalue weighted by atomic mass is 16.2. The van der Waals surface area contributed by atoms with Crippen LogP contribution in [0.4, 0.5) is 0 Å². The summed E-state index contributed by atoms with van der Waals surface area (Å²) >= 11 is 0. The molecule has 3 heteroatoms. The average molecular weight is 185 g/mol. The first-order chi connectivity index (χ1) is 6.07. The molecule has 1 fully saturated rings. The lowest BCUT2D eigenvalue weighted by Gasteiger charge is -2.03. The van der Waals surface area contributed by atoms with Crippen molar-refractivity contribution in [3.05, 3.63) is 0 Å². The van der Waals surface area contributed by atoms with Gasteiger partial charge in [0.15, 0.2) is 0 Å². The van der Waals surface area contributed by atoms with Crippen LogP contribution in [0.15, 0.2) is 0 Å². The van der Waals surface area contributed by atoms with Crippen LogP contribution in [0.5, 0.6) is 0 Å². The fourth-order valence-electron chi connectivity index (χ4n) is 1.14. The van der Waals surface area contributed by atoms with Crippen molar-refractivity contribution in [3.63, 3.8) is 0 Å². The monoisotopic (exact) mass is 185 g/mol. The highest BCUT2D eigenvalue weighted by Crippen LogP contribution is 2.04. The topological polar surface area (TPSA) is 37.4 Å². The molecule has 1 saturated heterocycles. The maximum absolute atomic E-state index is 10.5. The summed E-state index contributed by atoms with van der Waals surface area (Å²) in [5, 5.41) is 0. The minimum Gasteiger partial charge on any atom is -0.346 e. The van der Waals surface area contributed by atoms with Crippen molar-refractivity contribution in [1.29, 1.82) is 0 Å². The summed E-state index contributed by atoms with van der Waals surface area (Å²) in [5.74, 6) is 0.581. The second-order valence-electron chi connectivity index (χ2n) is 3.37. The molecule has 1 heterocycles. The van der Waals surface area contributed by atoms with Crippen LogP contribution >= 0.6 is 0 Å². The third-order valence-electron chi connectivity index (χ3n) is 1.91. The van der Waals surface area contributed by atoms with Crippen LogP contribution in [0.2, 0.25) is 0 Å². The van der Waals surface area contributed by atoms with E-state index in [4.69, 9.17) is 0 Å². The minimum atomic E-state index is 0.289. The van der Waals surface area contributed by atoms with Crippen LogP contribution in [0, 0.1) is 0 Å². The van der Waals surface area contributed by atoms with Gasteiger partial charge in [0, 0.05) is 26.4 Å². The van der Waals surface area contributed by atoms with E-state index >= 15 is 0 Å². The second-order valence-corrected chi connectivity index (χ2v) is 3.37. The highest BCUT2D eigenvalue weighted by molar-refractivity contribution is 5.77. The Balaban J connectivity index is 0.000000226. The quantitative estimate of drug-likeness (QED) is 0.655. The molecule has 0 spiro atoms. The van der Waals surface area contributed by atoms with Gasteiger partial charge in [-0.3, -0.25) is 4.79 Å². The molecule has 3 nitrogen and oxygen atoms in total. The van der Waals surface area contributed by atoms with Crippen LogP contribution in [0.3, 0.4) is 0 Å². The minimum absolute atomic E-state index is 0.289. The summed E-state index contributed by atoms with van der Waals surface area (Å²) in [6.07, 6.45) is 3.53. The summed E-state index contributed by atoms with van der Waals surface area (Å²) in [4.78, 5) is 22.3. The Morgan fingerprint density at radius 3 is 2.23 bits per heavy atom. The van der Waals surface area contributed by atoms with Crippen molar-refractivity contribution in [1.82, 2.24) is 4.90 Å². The van der Waals surface area contributed by atoms with Gasteiger partial charge >= 0.3 is 0 Å². The summed E-state index contributed by atoms with van der Waals surface area (Å²) < 4.78 is 0. The molecule has 1 aliphatic heterocycles. The third-order valence-corrected chi connectivity index (χ3v) is 1.91. The van der Waals surface area contributed by atoms with Gasteiger partial charge in [0.05, 0.1) is 0 Å². The van der Waals surface area contributed by atoms with E-state index in [-0.39, 0.29) is 5.78 Å². The Kier molecular flexibility index (Phi) is 6.20. The predicted octanol–water partition coefficient (Wildman–Crippen LogP) is 1.61. The van der Waals surface area contributed by atoms with Crippen LogP contribution in [-0.2, 0) is 9.59 Å². The third kappa shape index (κ3) is 6.31. The van der Waals surface area contributed by atoms with E-state index in [0.29, 0.717) is 5.91 Å². The van der Waals surface area contributed by atoms with Crippen LogP contribution in [0.1, 0.15) is 39.5 Å². The summed E-state index contributed by atoms with van der Waals surface area (Å²) in [7, 11) is 1.84. The van der Waals surface area contributed by atoms with Crippen molar-refractivity contribution in [2.24, 2.45) is 0 Å². The van der Waals surface area contributed by atoms with Gasteiger partial charge in [0.2, 0.25) is 5.91 Å². The average Bonchev–Trinajstić information content (AvgIpc) is 2.37. The van der Waals surface area contributed by atoms with E-state index in [1.165, 1.54) is 0 Å². The zero-order valence-electron chi connectivity index (χ0n) is 8.80. The molecule has 13 heavy (non-hydrogen) atoms. The molecule has 0 bridgehead atoms. The molecular weight excluding hydrogens is 166 g/mol. The first kappa shape index (κ1) is 12.1. The van der Waals surface area contributed by atoms with Crippen molar-refractivity contribution >= 4 is 11.7 Å². The van der Waals surface area contributed by atoms with E-state index in [2.05, 4.69) is 0 Å². The van der Waals surface area contributed by atoms with Gasteiger partial charge in [0.1, 0.15) is 5.78 Å². The fourth-order valence-corrected chi connectivity index (χ4v) is 1.14. The molecule has 0 saturated carbocycles. The SMILES string of the molecule is CCCC(C)=O.CN1CCCC1=O. The van der Waals surface area contributed by atoms with E-state index in [1.54, 1.807) is 11.8 Å². The van der Waals surface area contributed by atoms with Gasteiger partial charge in [0.25, 0.3) is 0 Å². The molecule has 0 atom stereocenters. The first-order valence-electron chi connectivity index (χ1n) is 4.81. The van der Waals surface area contributed by atoms with Gasteiger partial charge in [-0.15, -0.1) is 0 Å². The molecule has 1 rings (SSSR count). The number of rotatable bonds is 2. The summed E-state index contributed by atoms with van der Waals surface area (Å²) in [6, 6.07) is 0. The maximum Gasteiger partial charge on any atom is 0.222 e. The van der Waals surface area contributed by atoms with Gasteiger partial charge in [-0.2, -0.15) is 0 Å². The molecule has 0 unspecified atom stereocenters. The Bertz CT molecular complexity index is 178. The van der Waals surface area contributed by atoms with Gasteiger partial charge < -0.3 is 9.69 Å². The number of hydrogen-bond donors (Lipinski definition) is 0. The number of carbonyl (C=O) groups is 2. The van der Waals surface area contributed by atoms with Crippen molar-refractivity contribution in [2.45, 2.75) is 39.5 Å². The van der Waals surface area contributed by atoms with Crippen LogP contribution < -0.4 is 0 Å².